The molecule has 0 aromatic heterocycles. The average molecular weight is 249 g/mol. The fourth-order valence-electron chi connectivity index (χ4n) is 1.87. The Morgan fingerprint density at radius 2 is 2.22 bits per heavy atom. The molecule has 0 heterocycles. The van der Waals surface area contributed by atoms with Crippen molar-refractivity contribution in [3.63, 3.8) is 0 Å². The van der Waals surface area contributed by atoms with Crippen LogP contribution in [0.25, 0.3) is 6.08 Å². The minimum absolute atomic E-state index is 0.347. The van der Waals surface area contributed by atoms with Crippen LogP contribution in [0.4, 0.5) is 10.1 Å². The molecule has 1 aromatic rings. The van der Waals surface area contributed by atoms with Gasteiger partial charge in [-0.15, -0.1) is 0 Å². The number of aliphatic carboxylic acids is 1. The molecule has 0 radical (unpaired) electrons. The molecular weight excluding hydrogens is 233 g/mol. The van der Waals surface area contributed by atoms with Gasteiger partial charge in [-0.25, -0.2) is 9.18 Å². The van der Waals surface area contributed by atoms with Gasteiger partial charge < -0.3 is 10.0 Å². The van der Waals surface area contributed by atoms with Crippen LogP contribution < -0.4 is 4.90 Å². The van der Waals surface area contributed by atoms with Crippen molar-refractivity contribution in [1.82, 2.24) is 0 Å². The summed E-state index contributed by atoms with van der Waals surface area (Å²) in [6.07, 6.45) is 4.90. The van der Waals surface area contributed by atoms with Gasteiger partial charge in [-0.05, 0) is 48.6 Å². The number of anilines is 1. The number of hydrogen-bond acceptors (Lipinski definition) is 2. The Kier molecular flexibility index (Phi) is 3.65. The van der Waals surface area contributed by atoms with Crippen molar-refractivity contribution in [3.05, 3.63) is 35.7 Å². The molecule has 1 aliphatic rings. The van der Waals surface area contributed by atoms with Gasteiger partial charge in [0.05, 0.1) is 0 Å². The summed E-state index contributed by atoms with van der Waals surface area (Å²) >= 11 is 0. The second kappa shape index (κ2) is 5.21. The van der Waals surface area contributed by atoms with Crippen LogP contribution in [-0.2, 0) is 4.79 Å². The molecule has 0 unspecified atom stereocenters. The third-order valence-electron chi connectivity index (χ3n) is 2.99. The molecule has 1 aromatic carbocycles. The lowest BCUT2D eigenvalue weighted by Gasteiger charge is -2.19. The van der Waals surface area contributed by atoms with Crippen molar-refractivity contribution in [3.8, 4) is 0 Å². The molecule has 1 N–H and O–H groups in total. The van der Waals surface area contributed by atoms with E-state index in [1.54, 1.807) is 6.07 Å². The minimum Gasteiger partial charge on any atom is -0.478 e. The van der Waals surface area contributed by atoms with Crippen LogP contribution in [0.5, 0.6) is 0 Å². The zero-order valence-electron chi connectivity index (χ0n) is 10.3. The molecule has 3 nitrogen and oxygen atoms in total. The summed E-state index contributed by atoms with van der Waals surface area (Å²) in [6, 6.07) is 4.60. The number of carboxylic acid groups (broad SMARTS) is 1. The van der Waals surface area contributed by atoms with Gasteiger partial charge in [-0.1, -0.05) is 0 Å². The highest BCUT2D eigenvalue weighted by Gasteiger charge is 2.23. The van der Waals surface area contributed by atoms with Gasteiger partial charge in [0, 0.05) is 25.4 Å². The van der Waals surface area contributed by atoms with Crippen LogP contribution in [0.1, 0.15) is 18.4 Å². The van der Waals surface area contributed by atoms with Crippen molar-refractivity contribution in [2.24, 2.45) is 5.92 Å². The van der Waals surface area contributed by atoms with Crippen molar-refractivity contribution >= 4 is 17.7 Å². The van der Waals surface area contributed by atoms with Crippen LogP contribution in [0, 0.1) is 11.7 Å². The predicted octanol–water partition coefficient (Wildman–Crippen LogP) is 2.77. The number of carboxylic acids is 1. The summed E-state index contributed by atoms with van der Waals surface area (Å²) in [5.74, 6) is -0.663. The van der Waals surface area contributed by atoms with E-state index < -0.39 is 5.97 Å². The molecule has 4 heteroatoms. The molecule has 18 heavy (non-hydrogen) atoms. The van der Waals surface area contributed by atoms with Gasteiger partial charge in [0.25, 0.3) is 0 Å². The first-order valence-electron chi connectivity index (χ1n) is 5.97. The van der Waals surface area contributed by atoms with E-state index >= 15 is 0 Å². The van der Waals surface area contributed by atoms with Crippen LogP contribution in [0.2, 0.25) is 0 Å². The number of rotatable bonds is 5. The third kappa shape index (κ3) is 3.58. The first-order chi connectivity index (χ1) is 8.54. The largest absolute Gasteiger partial charge is 0.478 e. The molecule has 0 aliphatic heterocycles. The second-order valence-electron chi connectivity index (χ2n) is 4.74. The minimum atomic E-state index is -1.04. The molecule has 1 saturated carbocycles. The summed E-state index contributed by atoms with van der Waals surface area (Å²) in [7, 11) is 1.93. The molecule has 2 rings (SSSR count). The highest BCUT2D eigenvalue weighted by molar-refractivity contribution is 5.85. The predicted molar refractivity (Wildman–Crippen MR) is 69.1 cm³/mol. The Bertz CT molecular complexity index is 481. The molecule has 0 amide bonds. The monoisotopic (exact) mass is 249 g/mol. The maximum atomic E-state index is 13.5. The van der Waals surface area contributed by atoms with Gasteiger partial charge in [0.15, 0.2) is 0 Å². The van der Waals surface area contributed by atoms with Crippen molar-refractivity contribution in [2.75, 3.05) is 18.5 Å². The quantitative estimate of drug-likeness (QED) is 0.816. The van der Waals surface area contributed by atoms with Gasteiger partial charge in [-0.3, -0.25) is 0 Å². The first-order valence-corrected chi connectivity index (χ1v) is 5.97. The summed E-state index contributed by atoms with van der Waals surface area (Å²) < 4.78 is 13.5. The summed E-state index contributed by atoms with van der Waals surface area (Å²) in [4.78, 5) is 12.5. The van der Waals surface area contributed by atoms with Gasteiger partial charge in [0.2, 0.25) is 0 Å². The SMILES string of the molecule is CN(CC1CC1)c1cc(F)cc(/C=C/C(=O)O)c1. The summed E-state index contributed by atoms with van der Waals surface area (Å²) in [6.45, 7) is 0.922. The van der Waals surface area contributed by atoms with E-state index in [1.807, 2.05) is 11.9 Å². The Labute approximate surface area is 106 Å². The standard InChI is InChI=1S/C14H16FNO2/c1-16(9-10-2-3-10)13-7-11(4-5-14(17)18)6-12(15)8-13/h4-8,10H,2-3,9H2,1H3,(H,17,18)/b5-4+. The fraction of sp³-hybridized carbons (Fsp3) is 0.357. The van der Waals surface area contributed by atoms with E-state index in [9.17, 15) is 9.18 Å². The molecule has 0 bridgehead atoms. The molecular formula is C14H16FNO2. The van der Waals surface area contributed by atoms with E-state index in [1.165, 1.54) is 31.1 Å². The summed E-state index contributed by atoms with van der Waals surface area (Å²) in [5, 5.41) is 8.56. The number of hydrogen-bond donors (Lipinski definition) is 1. The van der Waals surface area contributed by atoms with Gasteiger partial charge >= 0.3 is 5.97 Å². The molecule has 0 spiro atoms. The van der Waals surface area contributed by atoms with Crippen LogP contribution >= 0.6 is 0 Å². The van der Waals surface area contributed by atoms with E-state index in [0.29, 0.717) is 5.56 Å². The maximum Gasteiger partial charge on any atom is 0.328 e. The normalized spacial score (nSPS) is 15.0. The van der Waals surface area contributed by atoms with Gasteiger partial charge in [-0.2, -0.15) is 0 Å². The average Bonchev–Trinajstić information content (AvgIpc) is 3.09. The topological polar surface area (TPSA) is 40.5 Å². The Hall–Kier alpha value is -1.84. The molecule has 1 fully saturated rings. The van der Waals surface area contributed by atoms with Crippen LogP contribution in [0.3, 0.4) is 0 Å². The van der Waals surface area contributed by atoms with E-state index in [4.69, 9.17) is 5.11 Å². The van der Waals surface area contributed by atoms with Crippen molar-refractivity contribution in [1.29, 1.82) is 0 Å². The fourth-order valence-corrected chi connectivity index (χ4v) is 1.87. The third-order valence-corrected chi connectivity index (χ3v) is 2.99. The van der Waals surface area contributed by atoms with E-state index in [-0.39, 0.29) is 5.82 Å². The lowest BCUT2D eigenvalue weighted by molar-refractivity contribution is -0.131. The molecule has 1 aliphatic carbocycles. The zero-order chi connectivity index (χ0) is 13.1. The maximum absolute atomic E-state index is 13.5. The zero-order valence-corrected chi connectivity index (χ0v) is 10.3. The Morgan fingerprint density at radius 1 is 1.50 bits per heavy atom. The van der Waals surface area contributed by atoms with E-state index in [2.05, 4.69) is 0 Å². The smallest absolute Gasteiger partial charge is 0.328 e. The van der Waals surface area contributed by atoms with E-state index in [0.717, 1.165) is 24.2 Å². The highest BCUT2D eigenvalue weighted by atomic mass is 19.1. The number of carbonyl (C=O) groups is 1. The Morgan fingerprint density at radius 3 is 2.83 bits per heavy atom. The first kappa shape index (κ1) is 12.6. The number of nitrogens with zero attached hydrogens (tertiary/aromatic N) is 1. The molecule has 96 valence electrons. The van der Waals surface area contributed by atoms with Crippen LogP contribution in [-0.4, -0.2) is 24.7 Å². The lowest BCUT2D eigenvalue weighted by Crippen LogP contribution is -2.20. The number of benzene rings is 1. The second-order valence-corrected chi connectivity index (χ2v) is 4.74. The van der Waals surface area contributed by atoms with Crippen LogP contribution in [0.15, 0.2) is 24.3 Å². The number of halogens is 1. The van der Waals surface area contributed by atoms with Gasteiger partial charge in [0.1, 0.15) is 5.82 Å². The van der Waals surface area contributed by atoms with Crippen molar-refractivity contribution in [2.45, 2.75) is 12.8 Å². The lowest BCUT2D eigenvalue weighted by atomic mass is 10.1. The van der Waals surface area contributed by atoms with Crippen molar-refractivity contribution < 1.29 is 14.3 Å². The highest BCUT2D eigenvalue weighted by Crippen LogP contribution is 2.31. The summed E-state index contributed by atoms with van der Waals surface area (Å²) in [5.41, 5.74) is 1.35. The molecule has 0 saturated heterocycles. The Balaban J connectivity index is 2.16. The molecule has 0 atom stereocenters.